The fraction of sp³-hybridized carbons (Fsp3) is 0.381. The third-order valence-corrected chi connectivity index (χ3v) is 5.20. The molecule has 9 heteroatoms. The number of aromatic nitrogens is 4. The van der Waals surface area contributed by atoms with E-state index in [9.17, 15) is 14.4 Å². The minimum atomic E-state index is -0.557. The molecule has 1 unspecified atom stereocenters. The van der Waals surface area contributed by atoms with Gasteiger partial charge in [-0.15, -0.1) is 0 Å². The van der Waals surface area contributed by atoms with Gasteiger partial charge in [-0.2, -0.15) is 5.10 Å². The molecule has 1 aliphatic rings. The fourth-order valence-corrected chi connectivity index (χ4v) is 3.55. The molecule has 0 spiro atoms. The van der Waals surface area contributed by atoms with Crippen molar-refractivity contribution in [3.8, 4) is 0 Å². The molecule has 1 aromatic carbocycles. The van der Waals surface area contributed by atoms with E-state index in [2.05, 4.69) is 15.5 Å². The van der Waals surface area contributed by atoms with Crippen molar-refractivity contribution in [3.05, 3.63) is 52.7 Å². The molecule has 3 aromatic rings. The fourth-order valence-electron chi connectivity index (χ4n) is 3.55. The van der Waals surface area contributed by atoms with E-state index in [0.29, 0.717) is 11.0 Å². The summed E-state index contributed by atoms with van der Waals surface area (Å²) in [6, 6.07) is 7.58. The normalized spacial score (nSPS) is 17.0. The molecular weight excluding hydrogens is 384 g/mol. The molecular formula is C21H24N6O3. The van der Waals surface area contributed by atoms with Crippen molar-refractivity contribution in [2.45, 2.75) is 39.7 Å². The Kier molecular flexibility index (Phi) is 4.68. The van der Waals surface area contributed by atoms with Crippen LogP contribution in [-0.4, -0.2) is 37.8 Å². The molecule has 1 saturated heterocycles. The average Bonchev–Trinajstić information content (AvgIpc) is 3.29. The van der Waals surface area contributed by atoms with E-state index >= 15 is 0 Å². The number of hydrogen-bond donors (Lipinski definition) is 1. The molecule has 3 heterocycles. The Labute approximate surface area is 173 Å². The van der Waals surface area contributed by atoms with E-state index in [4.69, 9.17) is 0 Å². The van der Waals surface area contributed by atoms with E-state index in [1.165, 1.54) is 12.5 Å². The topological polar surface area (TPSA) is 102 Å². The second-order valence-corrected chi connectivity index (χ2v) is 8.60. The molecule has 0 bridgehead atoms. The van der Waals surface area contributed by atoms with Gasteiger partial charge in [-0.1, -0.05) is 17.7 Å². The van der Waals surface area contributed by atoms with Crippen molar-refractivity contribution in [3.63, 3.8) is 0 Å². The molecule has 1 atom stereocenters. The summed E-state index contributed by atoms with van der Waals surface area (Å²) in [7, 11) is 0. The quantitative estimate of drug-likeness (QED) is 0.712. The van der Waals surface area contributed by atoms with Crippen LogP contribution >= 0.6 is 0 Å². The first-order valence-electron chi connectivity index (χ1n) is 9.79. The number of fused-ring (bicyclic) bond motifs is 1. The molecule has 2 amide bonds. The van der Waals surface area contributed by atoms with E-state index in [1.54, 1.807) is 9.58 Å². The summed E-state index contributed by atoms with van der Waals surface area (Å²) >= 11 is 0. The molecule has 9 nitrogen and oxygen atoms in total. The number of rotatable bonds is 3. The number of benzene rings is 1. The molecule has 1 N–H and O–H groups in total. The van der Waals surface area contributed by atoms with Crippen LogP contribution in [0.3, 0.4) is 0 Å². The van der Waals surface area contributed by atoms with Crippen molar-refractivity contribution in [2.24, 2.45) is 5.92 Å². The lowest BCUT2D eigenvalue weighted by Gasteiger charge is -2.19. The number of aryl methyl sites for hydroxylation is 1. The Morgan fingerprint density at radius 2 is 1.87 bits per heavy atom. The lowest BCUT2D eigenvalue weighted by atomic mass is 10.1. The van der Waals surface area contributed by atoms with Crippen LogP contribution in [0.4, 0.5) is 5.69 Å². The summed E-state index contributed by atoms with van der Waals surface area (Å²) in [5, 5.41) is 4.58. The first kappa shape index (κ1) is 19.8. The number of anilines is 1. The van der Waals surface area contributed by atoms with Gasteiger partial charge in [-0.05, 0) is 39.8 Å². The van der Waals surface area contributed by atoms with Gasteiger partial charge in [0.1, 0.15) is 11.7 Å². The number of hydrogen-bond acceptors (Lipinski definition) is 5. The highest BCUT2D eigenvalue weighted by atomic mass is 16.2. The molecule has 0 aliphatic carbocycles. The van der Waals surface area contributed by atoms with E-state index in [-0.39, 0.29) is 24.4 Å². The minimum absolute atomic E-state index is 0.0894. The van der Waals surface area contributed by atoms with Crippen molar-refractivity contribution in [2.75, 3.05) is 16.9 Å². The molecule has 2 aromatic heterocycles. The van der Waals surface area contributed by atoms with Gasteiger partial charge in [0.25, 0.3) is 5.56 Å². The number of nitrogens with zero attached hydrogens (tertiary/aromatic N) is 5. The number of carbonyl (C=O) groups excluding carboxylic acids is 2. The van der Waals surface area contributed by atoms with Crippen molar-refractivity contribution in [1.29, 1.82) is 0 Å². The smallest absolute Gasteiger partial charge is 0.283 e. The maximum absolute atomic E-state index is 12.8. The van der Waals surface area contributed by atoms with Gasteiger partial charge in [0, 0.05) is 18.7 Å². The first-order chi connectivity index (χ1) is 14.1. The van der Waals surface area contributed by atoms with Crippen LogP contribution in [-0.2, 0) is 15.1 Å². The average molecular weight is 408 g/mol. The van der Waals surface area contributed by atoms with E-state index in [0.717, 1.165) is 15.9 Å². The van der Waals surface area contributed by atoms with Gasteiger partial charge < -0.3 is 4.90 Å². The third-order valence-electron chi connectivity index (χ3n) is 5.20. The second-order valence-electron chi connectivity index (χ2n) is 8.60. The minimum Gasteiger partial charge on any atom is -0.312 e. The predicted octanol–water partition coefficient (Wildman–Crippen LogP) is 1.78. The zero-order valence-electron chi connectivity index (χ0n) is 17.4. The van der Waals surface area contributed by atoms with Crippen LogP contribution in [0.2, 0.25) is 0 Å². The Morgan fingerprint density at radius 3 is 2.53 bits per heavy atom. The standard InChI is InChI=1S/C21H24N6O3/c1-13-5-7-15(8-6-13)25-11-14(9-17(25)28)19(29)24-26-12-22-18-16(20(26)30)10-23-27(18)21(2,3)4/h5-8,10,12,14H,9,11H2,1-4H3,(H,24,29). The number of nitrogens with one attached hydrogen (secondary N) is 1. The lowest BCUT2D eigenvalue weighted by molar-refractivity contribution is -0.123. The van der Waals surface area contributed by atoms with Crippen LogP contribution in [0.15, 0.2) is 41.6 Å². The van der Waals surface area contributed by atoms with Crippen LogP contribution < -0.4 is 15.9 Å². The predicted molar refractivity (Wildman–Crippen MR) is 113 cm³/mol. The van der Waals surface area contributed by atoms with Gasteiger partial charge in [0.2, 0.25) is 11.8 Å². The molecule has 0 radical (unpaired) electrons. The first-order valence-corrected chi connectivity index (χ1v) is 9.79. The van der Waals surface area contributed by atoms with E-state index in [1.807, 2.05) is 52.0 Å². The van der Waals surface area contributed by atoms with Crippen molar-refractivity contribution < 1.29 is 9.59 Å². The highest BCUT2D eigenvalue weighted by Gasteiger charge is 2.35. The van der Waals surface area contributed by atoms with Gasteiger partial charge >= 0.3 is 0 Å². The van der Waals surface area contributed by atoms with Gasteiger partial charge in [-0.3, -0.25) is 19.8 Å². The monoisotopic (exact) mass is 408 g/mol. The van der Waals surface area contributed by atoms with Gasteiger partial charge in [0.05, 0.1) is 17.7 Å². The van der Waals surface area contributed by atoms with Crippen LogP contribution in [0.25, 0.3) is 11.0 Å². The summed E-state index contributed by atoms with van der Waals surface area (Å²) in [5.41, 5.74) is 4.15. The molecule has 0 saturated carbocycles. The highest BCUT2D eigenvalue weighted by Crippen LogP contribution is 2.25. The SMILES string of the molecule is Cc1ccc(N2CC(C(=O)Nn3cnc4c(cnn4C(C)(C)C)c3=O)CC2=O)cc1. The van der Waals surface area contributed by atoms with E-state index < -0.39 is 17.4 Å². The Balaban J connectivity index is 1.53. The number of amides is 2. The van der Waals surface area contributed by atoms with Gasteiger partial charge in [-0.25, -0.2) is 14.3 Å². The zero-order valence-corrected chi connectivity index (χ0v) is 17.4. The Bertz CT molecular complexity index is 1190. The molecule has 1 aliphatic heterocycles. The van der Waals surface area contributed by atoms with Crippen molar-refractivity contribution >= 4 is 28.5 Å². The lowest BCUT2D eigenvalue weighted by Crippen LogP contribution is -2.37. The molecule has 30 heavy (non-hydrogen) atoms. The summed E-state index contributed by atoms with van der Waals surface area (Å²) < 4.78 is 2.73. The Morgan fingerprint density at radius 1 is 1.17 bits per heavy atom. The maximum Gasteiger partial charge on any atom is 0.283 e. The third kappa shape index (κ3) is 3.47. The largest absolute Gasteiger partial charge is 0.312 e. The summed E-state index contributed by atoms with van der Waals surface area (Å²) in [5.74, 6) is -1.07. The van der Waals surface area contributed by atoms with Gasteiger partial charge in [0.15, 0.2) is 5.65 Å². The zero-order chi connectivity index (χ0) is 21.6. The molecule has 1 fully saturated rings. The summed E-state index contributed by atoms with van der Waals surface area (Å²) in [6.45, 7) is 8.13. The van der Waals surface area contributed by atoms with Crippen LogP contribution in [0, 0.1) is 12.8 Å². The Hall–Kier alpha value is -3.49. The maximum atomic E-state index is 12.8. The molecule has 156 valence electrons. The summed E-state index contributed by atoms with van der Waals surface area (Å²) in [4.78, 5) is 43.8. The van der Waals surface area contributed by atoms with Crippen molar-refractivity contribution in [1.82, 2.24) is 19.4 Å². The second kappa shape index (κ2) is 7.08. The highest BCUT2D eigenvalue weighted by molar-refractivity contribution is 6.01. The van der Waals surface area contributed by atoms with Crippen LogP contribution in [0.1, 0.15) is 32.8 Å². The van der Waals surface area contributed by atoms with Crippen LogP contribution in [0.5, 0.6) is 0 Å². The summed E-state index contributed by atoms with van der Waals surface area (Å²) in [6.07, 6.45) is 2.82. The molecule has 4 rings (SSSR count). The number of carbonyl (C=O) groups is 2.